The van der Waals surface area contributed by atoms with Gasteiger partial charge in [0, 0.05) is 26.2 Å². The predicted molar refractivity (Wildman–Crippen MR) is 119 cm³/mol. The van der Waals surface area contributed by atoms with Gasteiger partial charge >= 0.3 is 5.97 Å². The molecule has 26 heavy (non-hydrogen) atoms. The number of esters is 1. The molecule has 1 rings (SSSR count). The van der Waals surface area contributed by atoms with Gasteiger partial charge in [0.2, 0.25) is 0 Å². The molecule has 1 heterocycles. The van der Waals surface area contributed by atoms with Crippen molar-refractivity contribution in [3.8, 4) is 0 Å². The van der Waals surface area contributed by atoms with Gasteiger partial charge in [-0.05, 0) is 41.7 Å². The van der Waals surface area contributed by atoms with Crippen LogP contribution in [-0.2, 0) is 4.74 Å². The zero-order valence-electron chi connectivity index (χ0n) is 16.8. The van der Waals surface area contributed by atoms with Crippen molar-refractivity contribution in [3.05, 3.63) is 15.6 Å². The molecule has 0 bridgehead atoms. The maximum absolute atomic E-state index is 11.9. The highest BCUT2D eigenvalue weighted by Crippen LogP contribution is 2.24. The highest BCUT2D eigenvalue weighted by atomic mass is 127. The monoisotopic (exact) mass is 497 g/mol. The van der Waals surface area contributed by atoms with Crippen molar-refractivity contribution in [2.24, 2.45) is 4.99 Å². The molecule has 0 amide bonds. The summed E-state index contributed by atoms with van der Waals surface area (Å²) in [6, 6.07) is 0.455. The van der Waals surface area contributed by atoms with Gasteiger partial charge in [-0.2, -0.15) is 0 Å². The SMILES string of the molecule is CCOC(=O)c1sc(C(C)NC(=NC)NCCN(C)C(C)C)nc1C.I. The van der Waals surface area contributed by atoms with Crippen LogP contribution in [-0.4, -0.2) is 61.6 Å². The smallest absolute Gasteiger partial charge is 0.350 e. The predicted octanol–water partition coefficient (Wildman–Crippen LogP) is 2.81. The number of thiazole rings is 1. The fourth-order valence-corrected chi connectivity index (χ4v) is 3.02. The summed E-state index contributed by atoms with van der Waals surface area (Å²) in [6.45, 7) is 12.0. The van der Waals surface area contributed by atoms with E-state index in [1.807, 2.05) is 13.8 Å². The molecule has 1 aromatic heterocycles. The number of hydrogen-bond acceptors (Lipinski definition) is 6. The maximum Gasteiger partial charge on any atom is 0.350 e. The van der Waals surface area contributed by atoms with Crippen LogP contribution in [0.25, 0.3) is 0 Å². The Morgan fingerprint density at radius 3 is 2.58 bits per heavy atom. The molecule has 1 aromatic rings. The first-order chi connectivity index (χ1) is 11.8. The van der Waals surface area contributed by atoms with E-state index in [0.29, 0.717) is 23.2 Å². The zero-order chi connectivity index (χ0) is 19.0. The summed E-state index contributed by atoms with van der Waals surface area (Å²) in [5.74, 6) is 0.408. The van der Waals surface area contributed by atoms with Gasteiger partial charge in [0.25, 0.3) is 0 Å². The third kappa shape index (κ3) is 7.75. The Morgan fingerprint density at radius 2 is 2.04 bits per heavy atom. The van der Waals surface area contributed by atoms with Crippen molar-refractivity contribution in [1.29, 1.82) is 0 Å². The van der Waals surface area contributed by atoms with Gasteiger partial charge in [-0.1, -0.05) is 0 Å². The first-order valence-electron chi connectivity index (χ1n) is 8.61. The molecule has 1 unspecified atom stereocenters. The fraction of sp³-hybridized carbons (Fsp3) is 0.706. The minimum atomic E-state index is -0.310. The second kappa shape index (κ2) is 12.4. The molecular weight excluding hydrogens is 465 g/mol. The largest absolute Gasteiger partial charge is 0.462 e. The van der Waals surface area contributed by atoms with Crippen molar-refractivity contribution in [2.45, 2.75) is 46.7 Å². The van der Waals surface area contributed by atoms with Crippen molar-refractivity contribution in [2.75, 3.05) is 33.8 Å². The number of aliphatic imine (C=N–C) groups is 1. The molecule has 1 atom stereocenters. The van der Waals surface area contributed by atoms with E-state index < -0.39 is 0 Å². The van der Waals surface area contributed by atoms with Gasteiger partial charge in [-0.3, -0.25) is 4.99 Å². The molecule has 0 aliphatic heterocycles. The Morgan fingerprint density at radius 1 is 1.38 bits per heavy atom. The van der Waals surface area contributed by atoms with Crippen LogP contribution in [0.2, 0.25) is 0 Å². The summed E-state index contributed by atoms with van der Waals surface area (Å²) in [5.41, 5.74) is 0.702. The van der Waals surface area contributed by atoms with E-state index in [1.165, 1.54) is 11.3 Å². The van der Waals surface area contributed by atoms with Crippen molar-refractivity contribution in [1.82, 2.24) is 20.5 Å². The highest BCUT2D eigenvalue weighted by Gasteiger charge is 2.20. The fourth-order valence-electron chi connectivity index (χ4n) is 2.06. The van der Waals surface area contributed by atoms with Gasteiger partial charge in [-0.25, -0.2) is 9.78 Å². The summed E-state index contributed by atoms with van der Waals surface area (Å²) in [7, 11) is 3.84. The number of aryl methyl sites for hydroxylation is 1. The lowest BCUT2D eigenvalue weighted by Crippen LogP contribution is -2.42. The number of aromatic nitrogens is 1. The first-order valence-corrected chi connectivity index (χ1v) is 9.43. The lowest BCUT2D eigenvalue weighted by atomic mass is 10.3. The van der Waals surface area contributed by atoms with Crippen LogP contribution in [0.3, 0.4) is 0 Å². The maximum atomic E-state index is 11.9. The number of likely N-dealkylation sites (N-methyl/N-ethyl adjacent to an activating group) is 1. The zero-order valence-corrected chi connectivity index (χ0v) is 19.9. The van der Waals surface area contributed by atoms with Gasteiger partial charge in [0.15, 0.2) is 5.96 Å². The molecule has 0 aliphatic rings. The van der Waals surface area contributed by atoms with Crippen LogP contribution in [0, 0.1) is 6.92 Å². The average molecular weight is 497 g/mol. The minimum Gasteiger partial charge on any atom is -0.462 e. The van der Waals surface area contributed by atoms with Crippen molar-refractivity contribution < 1.29 is 9.53 Å². The second-order valence-electron chi connectivity index (χ2n) is 6.13. The van der Waals surface area contributed by atoms with E-state index in [4.69, 9.17) is 4.74 Å². The standard InChI is InChI=1S/C17H31N5O2S.HI/c1-8-24-16(23)14-12(4)20-15(25-14)13(5)21-17(18-6)19-9-10-22(7)11(2)3;/h11,13H,8-10H2,1-7H3,(H2,18,19,21);1H. The summed E-state index contributed by atoms with van der Waals surface area (Å²) in [6.07, 6.45) is 0. The molecule has 0 radical (unpaired) electrons. The molecule has 0 aromatic carbocycles. The number of rotatable bonds is 8. The quantitative estimate of drug-likeness (QED) is 0.249. The second-order valence-corrected chi connectivity index (χ2v) is 7.16. The van der Waals surface area contributed by atoms with E-state index in [9.17, 15) is 4.79 Å². The van der Waals surface area contributed by atoms with Crippen molar-refractivity contribution in [3.63, 3.8) is 0 Å². The van der Waals surface area contributed by atoms with E-state index in [1.54, 1.807) is 14.0 Å². The molecule has 7 nitrogen and oxygen atoms in total. The van der Waals surface area contributed by atoms with E-state index in [-0.39, 0.29) is 36.0 Å². The lowest BCUT2D eigenvalue weighted by molar-refractivity contribution is 0.0531. The Bertz CT molecular complexity index is 592. The van der Waals surface area contributed by atoms with Crippen LogP contribution >= 0.6 is 35.3 Å². The molecule has 150 valence electrons. The first kappa shape index (κ1) is 25.1. The minimum absolute atomic E-state index is 0. The number of nitrogens with one attached hydrogen (secondary N) is 2. The summed E-state index contributed by atoms with van der Waals surface area (Å²) in [5, 5.41) is 7.45. The van der Waals surface area contributed by atoms with Gasteiger partial charge in [0.05, 0.1) is 18.3 Å². The molecule has 0 spiro atoms. The van der Waals surface area contributed by atoms with Crippen LogP contribution in [0.5, 0.6) is 0 Å². The summed E-state index contributed by atoms with van der Waals surface area (Å²) in [4.78, 5) is 23.5. The average Bonchev–Trinajstić information content (AvgIpc) is 2.95. The van der Waals surface area contributed by atoms with Crippen LogP contribution in [0.1, 0.15) is 54.1 Å². The summed E-state index contributed by atoms with van der Waals surface area (Å²) < 4.78 is 5.07. The molecule has 0 aliphatic carbocycles. The molecular formula is C17H32IN5O2S. The molecule has 2 N–H and O–H groups in total. The number of carbonyl (C=O) groups is 1. The molecule has 0 saturated heterocycles. The van der Waals surface area contributed by atoms with Crippen LogP contribution < -0.4 is 10.6 Å². The number of carbonyl (C=O) groups excluding carboxylic acids is 1. The van der Waals surface area contributed by atoms with Crippen LogP contribution in [0.15, 0.2) is 4.99 Å². The number of hydrogen-bond donors (Lipinski definition) is 2. The third-order valence-corrected chi connectivity index (χ3v) is 5.18. The number of guanidine groups is 1. The Labute approximate surface area is 178 Å². The normalized spacial score (nSPS) is 12.7. The summed E-state index contributed by atoms with van der Waals surface area (Å²) >= 11 is 1.36. The van der Waals surface area contributed by atoms with Gasteiger partial charge in [-0.15, -0.1) is 35.3 Å². The highest BCUT2D eigenvalue weighted by molar-refractivity contribution is 14.0. The number of halogens is 1. The number of nitrogens with zero attached hydrogens (tertiary/aromatic N) is 3. The topological polar surface area (TPSA) is 78.8 Å². The van der Waals surface area contributed by atoms with Crippen molar-refractivity contribution >= 4 is 47.2 Å². The third-order valence-electron chi connectivity index (χ3n) is 3.86. The Hall–Kier alpha value is -0.940. The molecule has 9 heteroatoms. The molecule has 0 saturated carbocycles. The van der Waals surface area contributed by atoms with E-state index in [2.05, 4.69) is 46.4 Å². The number of ether oxygens (including phenoxy) is 1. The van der Waals surface area contributed by atoms with Gasteiger partial charge < -0.3 is 20.3 Å². The van der Waals surface area contributed by atoms with E-state index >= 15 is 0 Å². The Balaban J connectivity index is 0.00000625. The molecule has 0 fully saturated rings. The van der Waals surface area contributed by atoms with E-state index in [0.717, 1.165) is 24.1 Å². The lowest BCUT2D eigenvalue weighted by Gasteiger charge is -2.22. The van der Waals surface area contributed by atoms with Crippen LogP contribution in [0.4, 0.5) is 0 Å². The van der Waals surface area contributed by atoms with Gasteiger partial charge in [0.1, 0.15) is 9.88 Å². The Kier molecular flexibility index (Phi) is 12.0.